The first-order valence-electron chi connectivity index (χ1n) is 6.71. The number of nitrogens with zero attached hydrogens (tertiary/aromatic N) is 1. The summed E-state index contributed by atoms with van der Waals surface area (Å²) < 4.78 is 5.27. The third-order valence-corrected chi connectivity index (χ3v) is 2.62. The summed E-state index contributed by atoms with van der Waals surface area (Å²) in [4.78, 5) is 16.3. The summed E-state index contributed by atoms with van der Waals surface area (Å²) >= 11 is 0. The number of aryl methyl sites for hydroxylation is 1. The molecule has 0 saturated heterocycles. The van der Waals surface area contributed by atoms with E-state index in [0.717, 1.165) is 18.5 Å². The molecule has 0 aliphatic heterocycles. The number of pyridine rings is 1. The highest BCUT2D eigenvalue weighted by molar-refractivity contribution is 5.95. The molecule has 0 saturated carbocycles. The second-order valence-corrected chi connectivity index (χ2v) is 4.56. The van der Waals surface area contributed by atoms with Crippen molar-refractivity contribution >= 4 is 11.7 Å². The van der Waals surface area contributed by atoms with E-state index in [1.165, 1.54) is 0 Å². The molecule has 3 N–H and O–H groups in total. The highest BCUT2D eigenvalue weighted by Gasteiger charge is 2.11. The first kappa shape index (κ1) is 15.4. The Balaban J connectivity index is 2.70. The summed E-state index contributed by atoms with van der Waals surface area (Å²) in [5.41, 5.74) is 7.13. The normalized spacial score (nSPS) is 12.2. The van der Waals surface area contributed by atoms with E-state index >= 15 is 0 Å². The Morgan fingerprint density at radius 1 is 1.47 bits per heavy atom. The fourth-order valence-electron chi connectivity index (χ4n) is 1.77. The van der Waals surface area contributed by atoms with Crippen molar-refractivity contribution < 1.29 is 9.53 Å². The van der Waals surface area contributed by atoms with Gasteiger partial charge in [0.2, 0.25) is 0 Å². The van der Waals surface area contributed by atoms with Crippen LogP contribution < -0.4 is 11.1 Å². The fraction of sp³-hybridized carbons (Fsp3) is 0.571. The molecule has 106 valence electrons. The van der Waals surface area contributed by atoms with Crippen LogP contribution in [0.25, 0.3) is 0 Å². The lowest BCUT2D eigenvalue weighted by molar-refractivity contribution is 0.0872. The Morgan fingerprint density at radius 2 is 2.21 bits per heavy atom. The molecule has 0 aromatic carbocycles. The van der Waals surface area contributed by atoms with Gasteiger partial charge < -0.3 is 15.8 Å². The van der Waals surface area contributed by atoms with E-state index in [2.05, 4.69) is 17.2 Å². The van der Waals surface area contributed by atoms with E-state index in [1.54, 1.807) is 12.1 Å². The van der Waals surface area contributed by atoms with Gasteiger partial charge in [0.25, 0.3) is 5.91 Å². The monoisotopic (exact) mass is 265 g/mol. The molecule has 5 nitrogen and oxygen atoms in total. The molecule has 1 aromatic heterocycles. The zero-order valence-electron chi connectivity index (χ0n) is 11.9. The van der Waals surface area contributed by atoms with Crippen LogP contribution in [0.1, 0.15) is 43.2 Å². The largest absolute Gasteiger partial charge is 0.384 e. The molecule has 1 unspecified atom stereocenters. The fourth-order valence-corrected chi connectivity index (χ4v) is 1.77. The van der Waals surface area contributed by atoms with E-state index in [4.69, 9.17) is 10.5 Å². The van der Waals surface area contributed by atoms with Crippen LogP contribution in [0.3, 0.4) is 0 Å². The van der Waals surface area contributed by atoms with Gasteiger partial charge in [0.1, 0.15) is 5.82 Å². The first-order valence-corrected chi connectivity index (χ1v) is 6.71. The van der Waals surface area contributed by atoms with Gasteiger partial charge in [-0.2, -0.15) is 0 Å². The lowest BCUT2D eigenvalue weighted by atomic mass is 10.1. The van der Waals surface area contributed by atoms with Crippen LogP contribution in [0.15, 0.2) is 12.1 Å². The number of carbonyl (C=O) groups is 1. The average molecular weight is 265 g/mol. The number of rotatable bonds is 7. The van der Waals surface area contributed by atoms with Crippen LogP contribution in [0.2, 0.25) is 0 Å². The van der Waals surface area contributed by atoms with Crippen LogP contribution in [0.4, 0.5) is 5.82 Å². The number of anilines is 1. The summed E-state index contributed by atoms with van der Waals surface area (Å²) in [7, 11) is 0. The molecular weight excluding hydrogens is 242 g/mol. The smallest absolute Gasteiger partial charge is 0.251 e. The molecule has 1 atom stereocenters. The molecule has 0 aliphatic rings. The van der Waals surface area contributed by atoms with E-state index in [-0.39, 0.29) is 11.9 Å². The minimum Gasteiger partial charge on any atom is -0.384 e. The molecular formula is C14H23N3O2. The quantitative estimate of drug-likeness (QED) is 0.787. The van der Waals surface area contributed by atoms with Crippen LogP contribution in [-0.4, -0.2) is 30.1 Å². The van der Waals surface area contributed by atoms with Crippen molar-refractivity contribution in [2.45, 2.75) is 39.7 Å². The van der Waals surface area contributed by atoms with Crippen LogP contribution >= 0.6 is 0 Å². The van der Waals surface area contributed by atoms with Crippen molar-refractivity contribution in [1.82, 2.24) is 10.3 Å². The van der Waals surface area contributed by atoms with Gasteiger partial charge in [-0.15, -0.1) is 0 Å². The van der Waals surface area contributed by atoms with E-state index in [9.17, 15) is 4.79 Å². The maximum absolute atomic E-state index is 12.1. The van der Waals surface area contributed by atoms with Gasteiger partial charge in [-0.3, -0.25) is 4.79 Å². The Bertz CT molecular complexity index is 421. The molecule has 19 heavy (non-hydrogen) atoms. The number of nitrogens with two attached hydrogens (primary N) is 1. The molecule has 1 heterocycles. The van der Waals surface area contributed by atoms with Crippen molar-refractivity contribution in [3.05, 3.63) is 23.4 Å². The molecule has 1 amide bonds. The second kappa shape index (κ2) is 7.74. The van der Waals surface area contributed by atoms with E-state index < -0.39 is 0 Å². The molecule has 5 heteroatoms. The average Bonchev–Trinajstić information content (AvgIpc) is 2.36. The number of hydrogen-bond acceptors (Lipinski definition) is 4. The minimum atomic E-state index is -0.140. The summed E-state index contributed by atoms with van der Waals surface area (Å²) in [5, 5.41) is 2.88. The molecule has 0 aliphatic carbocycles. The van der Waals surface area contributed by atoms with Crippen molar-refractivity contribution in [3.8, 4) is 0 Å². The Labute approximate surface area is 114 Å². The lowest BCUT2D eigenvalue weighted by Crippen LogP contribution is -2.36. The topological polar surface area (TPSA) is 77.2 Å². The predicted molar refractivity (Wildman–Crippen MR) is 76.1 cm³/mol. The zero-order chi connectivity index (χ0) is 14.3. The van der Waals surface area contributed by atoms with E-state index in [1.807, 2.05) is 13.8 Å². The van der Waals surface area contributed by atoms with Crippen molar-refractivity contribution in [2.24, 2.45) is 0 Å². The molecule has 0 fully saturated rings. The van der Waals surface area contributed by atoms with Crippen LogP contribution in [0, 0.1) is 0 Å². The third-order valence-electron chi connectivity index (χ3n) is 2.62. The number of aromatic nitrogens is 1. The number of carbonyl (C=O) groups excluding carboxylic acids is 1. The number of amides is 1. The summed E-state index contributed by atoms with van der Waals surface area (Å²) in [6, 6.07) is 3.36. The van der Waals surface area contributed by atoms with Gasteiger partial charge in [0, 0.05) is 23.9 Å². The number of nitrogen functional groups attached to an aromatic ring is 1. The lowest BCUT2D eigenvalue weighted by Gasteiger charge is -2.14. The van der Waals surface area contributed by atoms with Crippen molar-refractivity contribution in [1.29, 1.82) is 0 Å². The molecule has 0 bridgehead atoms. The van der Waals surface area contributed by atoms with E-state index in [0.29, 0.717) is 24.6 Å². The molecule has 1 aromatic rings. The summed E-state index contributed by atoms with van der Waals surface area (Å²) in [5.74, 6) is 0.243. The Kier molecular flexibility index (Phi) is 6.29. The highest BCUT2D eigenvalue weighted by atomic mass is 16.5. The first-order chi connectivity index (χ1) is 9.06. The summed E-state index contributed by atoms with van der Waals surface area (Å²) in [6.07, 6.45) is 1.79. The minimum absolute atomic E-state index is 0.0311. The maximum Gasteiger partial charge on any atom is 0.251 e. The number of nitrogens with one attached hydrogen (secondary N) is 1. The molecule has 0 radical (unpaired) electrons. The highest BCUT2D eigenvalue weighted by Crippen LogP contribution is 2.10. The summed E-state index contributed by atoms with van der Waals surface area (Å²) in [6.45, 7) is 7.04. The van der Waals surface area contributed by atoms with Crippen molar-refractivity contribution in [3.63, 3.8) is 0 Å². The second-order valence-electron chi connectivity index (χ2n) is 4.56. The van der Waals surface area contributed by atoms with Crippen LogP contribution in [-0.2, 0) is 11.2 Å². The Morgan fingerprint density at radius 3 is 2.84 bits per heavy atom. The SMILES string of the molecule is CCCc1cc(C(=O)NC(C)COCC)cc(N)n1. The number of hydrogen-bond donors (Lipinski definition) is 2. The van der Waals surface area contributed by atoms with Gasteiger partial charge in [-0.1, -0.05) is 13.3 Å². The standard InChI is InChI=1S/C14H23N3O2/c1-4-6-12-7-11(8-13(15)17-12)14(18)16-10(3)9-19-5-2/h7-8,10H,4-6,9H2,1-3H3,(H2,15,17)(H,16,18). The van der Waals surface area contributed by atoms with Crippen molar-refractivity contribution in [2.75, 3.05) is 18.9 Å². The van der Waals surface area contributed by atoms with Gasteiger partial charge in [0.05, 0.1) is 6.61 Å². The molecule has 1 rings (SSSR count). The maximum atomic E-state index is 12.1. The predicted octanol–water partition coefficient (Wildman–Crippen LogP) is 1.77. The van der Waals surface area contributed by atoms with Gasteiger partial charge >= 0.3 is 0 Å². The number of ether oxygens (including phenoxy) is 1. The van der Waals surface area contributed by atoms with Gasteiger partial charge in [-0.25, -0.2) is 4.98 Å². The Hall–Kier alpha value is -1.62. The third kappa shape index (κ3) is 5.26. The van der Waals surface area contributed by atoms with Gasteiger partial charge in [-0.05, 0) is 32.4 Å². The van der Waals surface area contributed by atoms with Crippen LogP contribution in [0.5, 0.6) is 0 Å². The molecule has 0 spiro atoms. The van der Waals surface area contributed by atoms with Gasteiger partial charge in [0.15, 0.2) is 0 Å². The zero-order valence-corrected chi connectivity index (χ0v) is 11.9.